The van der Waals surface area contributed by atoms with Gasteiger partial charge in [0.2, 0.25) is 0 Å². The fourth-order valence-corrected chi connectivity index (χ4v) is 7.58. The summed E-state index contributed by atoms with van der Waals surface area (Å²) in [7, 11) is 0. The van der Waals surface area contributed by atoms with Crippen LogP contribution in [0.2, 0.25) is 0 Å². The Morgan fingerprint density at radius 3 is 1.61 bits per heavy atom. The van der Waals surface area contributed by atoms with Crippen molar-refractivity contribution in [1.82, 2.24) is 4.98 Å². The fraction of sp³-hybridized carbons (Fsp3) is 0.0408. The SMILES string of the molecule is C=C(c1ccc(-c2ccc(-c3c4ccc5ccccc5c4nc4c3ccc3ccccc34)cc2)cc1)N(c1ccccc1)c1ccccc1CC. The van der Waals surface area contributed by atoms with Gasteiger partial charge in [-0.05, 0) is 63.2 Å². The van der Waals surface area contributed by atoms with E-state index in [9.17, 15) is 0 Å². The average Bonchev–Trinajstić information content (AvgIpc) is 3.20. The zero-order valence-electron chi connectivity index (χ0n) is 28.6. The molecule has 8 aromatic carbocycles. The van der Waals surface area contributed by atoms with Crippen molar-refractivity contribution in [2.45, 2.75) is 13.3 Å². The van der Waals surface area contributed by atoms with Crippen LogP contribution in [0.1, 0.15) is 18.1 Å². The molecule has 9 aromatic rings. The molecule has 51 heavy (non-hydrogen) atoms. The summed E-state index contributed by atoms with van der Waals surface area (Å²) in [5.41, 5.74) is 12.4. The van der Waals surface area contributed by atoms with Crippen LogP contribution in [0.3, 0.4) is 0 Å². The number of fused-ring (bicyclic) bond motifs is 6. The maximum Gasteiger partial charge on any atom is 0.0794 e. The number of nitrogens with zero attached hydrogens (tertiary/aromatic N) is 2. The van der Waals surface area contributed by atoms with Crippen LogP contribution >= 0.6 is 0 Å². The lowest BCUT2D eigenvalue weighted by molar-refractivity contribution is 1.12. The zero-order valence-corrected chi connectivity index (χ0v) is 28.6. The molecule has 1 heterocycles. The first kappa shape index (κ1) is 30.5. The molecule has 0 unspecified atom stereocenters. The summed E-state index contributed by atoms with van der Waals surface area (Å²) in [6.45, 7) is 6.81. The predicted octanol–water partition coefficient (Wildman–Crippen LogP) is 13.4. The van der Waals surface area contributed by atoms with E-state index in [0.29, 0.717) is 0 Å². The van der Waals surface area contributed by atoms with Gasteiger partial charge in [-0.3, -0.25) is 0 Å². The molecule has 0 aliphatic rings. The Morgan fingerprint density at radius 2 is 1.00 bits per heavy atom. The van der Waals surface area contributed by atoms with E-state index in [2.05, 4.69) is 194 Å². The molecule has 9 rings (SSSR count). The molecule has 2 heteroatoms. The topological polar surface area (TPSA) is 16.1 Å². The fourth-order valence-electron chi connectivity index (χ4n) is 7.58. The monoisotopic (exact) mass is 652 g/mol. The number of pyridine rings is 1. The summed E-state index contributed by atoms with van der Waals surface area (Å²) in [4.78, 5) is 7.63. The first-order valence-electron chi connectivity index (χ1n) is 17.6. The molecule has 0 saturated heterocycles. The van der Waals surface area contributed by atoms with Gasteiger partial charge in [-0.15, -0.1) is 0 Å². The van der Waals surface area contributed by atoms with Crippen LogP contribution in [-0.2, 0) is 6.42 Å². The first-order chi connectivity index (χ1) is 25.2. The highest BCUT2D eigenvalue weighted by Crippen LogP contribution is 2.41. The molecule has 2 nitrogen and oxygen atoms in total. The van der Waals surface area contributed by atoms with E-state index in [1.165, 1.54) is 60.1 Å². The van der Waals surface area contributed by atoms with Gasteiger partial charge in [0, 0.05) is 44.2 Å². The third-order valence-corrected chi connectivity index (χ3v) is 10.2. The Labute approximate surface area is 298 Å². The van der Waals surface area contributed by atoms with E-state index in [0.717, 1.165) is 40.1 Å². The summed E-state index contributed by atoms with van der Waals surface area (Å²) >= 11 is 0. The van der Waals surface area contributed by atoms with Gasteiger partial charge in [-0.2, -0.15) is 0 Å². The summed E-state index contributed by atoms with van der Waals surface area (Å²) in [6.07, 6.45) is 0.944. The molecule has 0 spiro atoms. The van der Waals surface area contributed by atoms with Crippen LogP contribution in [0.4, 0.5) is 11.4 Å². The lowest BCUT2D eigenvalue weighted by Crippen LogP contribution is -2.16. The molecule has 0 bridgehead atoms. The number of aryl methyl sites for hydroxylation is 1. The van der Waals surface area contributed by atoms with Gasteiger partial charge in [0.25, 0.3) is 0 Å². The predicted molar refractivity (Wildman–Crippen MR) is 219 cm³/mol. The smallest absolute Gasteiger partial charge is 0.0794 e. The van der Waals surface area contributed by atoms with Gasteiger partial charge in [0.05, 0.1) is 11.0 Å². The lowest BCUT2D eigenvalue weighted by Gasteiger charge is -2.29. The number of hydrogen-bond donors (Lipinski definition) is 0. The normalized spacial score (nSPS) is 11.4. The van der Waals surface area contributed by atoms with Crippen molar-refractivity contribution in [3.05, 3.63) is 194 Å². The molecule has 0 aliphatic carbocycles. The summed E-state index contributed by atoms with van der Waals surface area (Å²) in [5.74, 6) is 0. The summed E-state index contributed by atoms with van der Waals surface area (Å²) < 4.78 is 0. The Balaban J connectivity index is 1.11. The minimum atomic E-state index is 0.944. The van der Waals surface area contributed by atoms with Crippen molar-refractivity contribution in [3.63, 3.8) is 0 Å². The number of rotatable bonds is 7. The van der Waals surface area contributed by atoms with Gasteiger partial charge >= 0.3 is 0 Å². The minimum Gasteiger partial charge on any atom is -0.310 e. The lowest BCUT2D eigenvalue weighted by atomic mass is 9.91. The number of anilines is 2. The Morgan fingerprint density at radius 1 is 0.490 bits per heavy atom. The molecule has 0 N–H and O–H groups in total. The molecular weight excluding hydrogens is 617 g/mol. The molecule has 1 aromatic heterocycles. The van der Waals surface area contributed by atoms with Crippen LogP contribution in [0.15, 0.2) is 183 Å². The minimum absolute atomic E-state index is 0.944. The third kappa shape index (κ3) is 5.33. The van der Waals surface area contributed by atoms with E-state index >= 15 is 0 Å². The number of para-hydroxylation sites is 2. The molecule has 0 radical (unpaired) electrons. The molecule has 0 amide bonds. The molecular formula is C49H36N2. The maximum absolute atomic E-state index is 5.36. The van der Waals surface area contributed by atoms with Gasteiger partial charge in [0.1, 0.15) is 0 Å². The number of benzene rings is 8. The second-order valence-electron chi connectivity index (χ2n) is 13.1. The highest BCUT2D eigenvalue weighted by molar-refractivity contribution is 6.21. The van der Waals surface area contributed by atoms with Crippen LogP contribution in [0.5, 0.6) is 0 Å². The molecule has 242 valence electrons. The van der Waals surface area contributed by atoms with Gasteiger partial charge in [-0.1, -0.05) is 171 Å². The van der Waals surface area contributed by atoms with Crippen LogP contribution in [-0.4, -0.2) is 4.98 Å². The quantitative estimate of drug-likeness (QED) is 0.126. The van der Waals surface area contributed by atoms with E-state index in [1.54, 1.807) is 0 Å². The number of hydrogen-bond acceptors (Lipinski definition) is 2. The number of aromatic nitrogens is 1. The van der Waals surface area contributed by atoms with Crippen LogP contribution < -0.4 is 4.90 Å². The molecule has 0 aliphatic heterocycles. The van der Waals surface area contributed by atoms with E-state index in [1.807, 2.05) is 0 Å². The highest BCUT2D eigenvalue weighted by Gasteiger charge is 2.18. The van der Waals surface area contributed by atoms with Crippen LogP contribution in [0, 0.1) is 0 Å². The van der Waals surface area contributed by atoms with Crippen molar-refractivity contribution in [2.75, 3.05) is 4.90 Å². The zero-order chi connectivity index (χ0) is 34.3. The average molecular weight is 653 g/mol. The Kier molecular flexibility index (Phi) is 7.63. The van der Waals surface area contributed by atoms with E-state index < -0.39 is 0 Å². The van der Waals surface area contributed by atoms with Gasteiger partial charge in [0.15, 0.2) is 0 Å². The standard InChI is InChI=1S/C49H36N2/c1-3-34-13-9-12-20-46(34)51(41-16-5-4-6-17-41)33(2)35-21-23-36(24-22-35)37-25-27-40(28-26-37)47-44-31-29-38-14-7-10-18-42(38)48(44)50-49-43-19-11-8-15-39(43)30-32-45(47)49/h4-32H,2-3H2,1H3. The highest BCUT2D eigenvalue weighted by atomic mass is 15.1. The third-order valence-electron chi connectivity index (χ3n) is 10.2. The van der Waals surface area contributed by atoms with Gasteiger partial charge < -0.3 is 4.90 Å². The van der Waals surface area contributed by atoms with E-state index in [4.69, 9.17) is 4.98 Å². The second-order valence-corrected chi connectivity index (χ2v) is 13.1. The first-order valence-corrected chi connectivity index (χ1v) is 17.6. The van der Waals surface area contributed by atoms with Crippen LogP contribution in [0.25, 0.3) is 71.3 Å². The van der Waals surface area contributed by atoms with Crippen molar-refractivity contribution < 1.29 is 0 Å². The van der Waals surface area contributed by atoms with E-state index in [-0.39, 0.29) is 0 Å². The van der Waals surface area contributed by atoms with Crippen molar-refractivity contribution in [2.24, 2.45) is 0 Å². The largest absolute Gasteiger partial charge is 0.310 e. The molecule has 0 atom stereocenters. The van der Waals surface area contributed by atoms with Crippen molar-refractivity contribution in [1.29, 1.82) is 0 Å². The second kappa shape index (κ2) is 12.7. The summed E-state index contributed by atoms with van der Waals surface area (Å²) in [6, 6.07) is 63.0. The molecule has 0 fully saturated rings. The van der Waals surface area contributed by atoms with Crippen molar-refractivity contribution >= 4 is 60.4 Å². The maximum atomic E-state index is 5.36. The van der Waals surface area contributed by atoms with Crippen molar-refractivity contribution in [3.8, 4) is 22.3 Å². The summed E-state index contributed by atoms with van der Waals surface area (Å²) in [5, 5.41) is 7.08. The van der Waals surface area contributed by atoms with Gasteiger partial charge in [-0.25, -0.2) is 4.98 Å². The molecule has 0 saturated carbocycles. The Hall–Kier alpha value is -6.51. The Bertz CT molecular complexity index is 2630.